The summed E-state index contributed by atoms with van der Waals surface area (Å²) in [5, 5.41) is 10.2. The van der Waals surface area contributed by atoms with Crippen LogP contribution in [0.25, 0.3) is 11.1 Å². The number of phenolic OH excluding ortho intramolecular Hbond substituents is 1. The van der Waals surface area contributed by atoms with Gasteiger partial charge in [0.25, 0.3) is 0 Å². The van der Waals surface area contributed by atoms with Gasteiger partial charge in [0, 0.05) is 5.56 Å². The van der Waals surface area contributed by atoms with Crippen LogP contribution >= 0.6 is 0 Å². The first-order valence-corrected chi connectivity index (χ1v) is 8.04. The standard InChI is InChI=1S/C21H16O6/c1-25-21(24)27-19-17(22)13-12-16(14-8-4-2-5-9-14)18(19)20(23)26-15-10-6-3-7-11-15/h2-13,22H,1H3. The third-order valence-electron chi connectivity index (χ3n) is 3.73. The molecule has 0 fully saturated rings. The van der Waals surface area contributed by atoms with E-state index in [4.69, 9.17) is 9.47 Å². The third-order valence-corrected chi connectivity index (χ3v) is 3.73. The van der Waals surface area contributed by atoms with Gasteiger partial charge in [-0.1, -0.05) is 48.5 Å². The largest absolute Gasteiger partial charge is 0.513 e. The molecule has 0 spiro atoms. The molecule has 3 rings (SSSR count). The molecule has 0 amide bonds. The van der Waals surface area contributed by atoms with Gasteiger partial charge < -0.3 is 19.3 Å². The molecule has 0 aliphatic heterocycles. The normalized spacial score (nSPS) is 10.1. The van der Waals surface area contributed by atoms with Crippen molar-refractivity contribution in [3.63, 3.8) is 0 Å². The fraction of sp³-hybridized carbons (Fsp3) is 0.0476. The second kappa shape index (κ2) is 8.05. The molecule has 0 aromatic heterocycles. The lowest BCUT2D eigenvalue weighted by Crippen LogP contribution is -2.15. The Kier molecular flexibility index (Phi) is 5.37. The van der Waals surface area contributed by atoms with Crippen LogP contribution in [0.2, 0.25) is 0 Å². The molecule has 3 aromatic carbocycles. The van der Waals surface area contributed by atoms with Gasteiger partial charge in [0.1, 0.15) is 11.3 Å². The quantitative estimate of drug-likeness (QED) is 0.419. The van der Waals surface area contributed by atoms with Crippen LogP contribution in [-0.2, 0) is 4.74 Å². The van der Waals surface area contributed by atoms with E-state index >= 15 is 0 Å². The van der Waals surface area contributed by atoms with E-state index in [1.165, 1.54) is 6.07 Å². The van der Waals surface area contributed by atoms with Gasteiger partial charge in [0.05, 0.1) is 7.11 Å². The summed E-state index contributed by atoms with van der Waals surface area (Å²) in [6, 6.07) is 20.3. The summed E-state index contributed by atoms with van der Waals surface area (Å²) >= 11 is 0. The Morgan fingerprint density at radius 1 is 0.815 bits per heavy atom. The van der Waals surface area contributed by atoms with Gasteiger partial charge in [0.2, 0.25) is 0 Å². The van der Waals surface area contributed by atoms with Crippen molar-refractivity contribution < 1.29 is 28.9 Å². The molecule has 0 heterocycles. The molecule has 0 aliphatic carbocycles. The molecule has 0 radical (unpaired) electrons. The predicted octanol–water partition coefficient (Wildman–Crippen LogP) is 4.42. The van der Waals surface area contributed by atoms with Crippen molar-refractivity contribution in [3.05, 3.63) is 78.4 Å². The number of methoxy groups -OCH3 is 1. The van der Waals surface area contributed by atoms with Crippen LogP contribution in [0.5, 0.6) is 17.2 Å². The highest BCUT2D eigenvalue weighted by Crippen LogP contribution is 2.38. The number of aromatic hydroxyl groups is 1. The Labute approximate surface area is 155 Å². The molecule has 1 N–H and O–H groups in total. The summed E-state index contributed by atoms with van der Waals surface area (Å²) < 4.78 is 14.9. The molecule has 0 saturated carbocycles. The molecule has 6 nitrogen and oxygen atoms in total. The highest BCUT2D eigenvalue weighted by atomic mass is 16.7. The number of carbonyl (C=O) groups is 2. The van der Waals surface area contributed by atoms with E-state index in [9.17, 15) is 14.7 Å². The monoisotopic (exact) mass is 364 g/mol. The highest BCUT2D eigenvalue weighted by Gasteiger charge is 2.26. The van der Waals surface area contributed by atoms with Crippen LogP contribution in [0, 0.1) is 0 Å². The molecule has 3 aromatic rings. The van der Waals surface area contributed by atoms with E-state index in [0.29, 0.717) is 16.9 Å². The maximum absolute atomic E-state index is 12.9. The SMILES string of the molecule is COC(=O)Oc1c(O)ccc(-c2ccccc2)c1C(=O)Oc1ccccc1. The van der Waals surface area contributed by atoms with Crippen molar-refractivity contribution in [2.45, 2.75) is 0 Å². The van der Waals surface area contributed by atoms with E-state index < -0.39 is 12.1 Å². The Bertz CT molecular complexity index is 951. The fourth-order valence-corrected chi connectivity index (χ4v) is 2.51. The zero-order valence-corrected chi connectivity index (χ0v) is 14.4. The predicted molar refractivity (Wildman–Crippen MR) is 98.0 cm³/mol. The van der Waals surface area contributed by atoms with E-state index in [-0.39, 0.29) is 17.1 Å². The summed E-state index contributed by atoms with van der Waals surface area (Å²) in [4.78, 5) is 24.5. The maximum Gasteiger partial charge on any atom is 0.513 e. The number of hydrogen-bond acceptors (Lipinski definition) is 6. The number of phenols is 1. The average molecular weight is 364 g/mol. The molecule has 27 heavy (non-hydrogen) atoms. The number of carbonyl (C=O) groups excluding carboxylic acids is 2. The topological polar surface area (TPSA) is 82.1 Å². The van der Waals surface area contributed by atoms with Gasteiger partial charge in [-0.15, -0.1) is 0 Å². The fourth-order valence-electron chi connectivity index (χ4n) is 2.51. The Hall–Kier alpha value is -3.80. The van der Waals surface area contributed by atoms with Gasteiger partial charge in [-0.05, 0) is 29.8 Å². The number of benzene rings is 3. The minimum absolute atomic E-state index is 0.0875. The Morgan fingerprint density at radius 2 is 1.44 bits per heavy atom. The first-order chi connectivity index (χ1) is 13.1. The van der Waals surface area contributed by atoms with E-state index in [2.05, 4.69) is 4.74 Å². The summed E-state index contributed by atoms with van der Waals surface area (Å²) in [7, 11) is 1.13. The van der Waals surface area contributed by atoms with Crippen LogP contribution in [0.1, 0.15) is 10.4 Å². The molecule has 136 valence electrons. The lowest BCUT2D eigenvalue weighted by molar-refractivity contribution is 0.0729. The highest BCUT2D eigenvalue weighted by molar-refractivity contribution is 6.02. The molecule has 6 heteroatoms. The number of rotatable bonds is 4. The first kappa shape index (κ1) is 18.0. The summed E-state index contributed by atoms with van der Waals surface area (Å²) in [6.45, 7) is 0. The third kappa shape index (κ3) is 4.07. The van der Waals surface area contributed by atoms with Crippen LogP contribution in [0.3, 0.4) is 0 Å². The summed E-state index contributed by atoms with van der Waals surface area (Å²) in [6.07, 6.45) is -1.07. The van der Waals surface area contributed by atoms with Crippen LogP contribution in [0.4, 0.5) is 4.79 Å². The Balaban J connectivity index is 2.13. The number of ether oxygens (including phenoxy) is 3. The van der Waals surface area contributed by atoms with Crippen molar-refractivity contribution in [2.75, 3.05) is 7.11 Å². The maximum atomic E-state index is 12.9. The van der Waals surface area contributed by atoms with Crippen molar-refractivity contribution in [3.8, 4) is 28.4 Å². The molecule has 0 saturated heterocycles. The molecular weight excluding hydrogens is 348 g/mol. The zero-order chi connectivity index (χ0) is 19.2. The van der Waals surface area contributed by atoms with Gasteiger partial charge in [-0.25, -0.2) is 9.59 Å². The van der Waals surface area contributed by atoms with Crippen molar-refractivity contribution >= 4 is 12.1 Å². The van der Waals surface area contributed by atoms with Crippen molar-refractivity contribution in [1.29, 1.82) is 0 Å². The van der Waals surface area contributed by atoms with E-state index in [0.717, 1.165) is 7.11 Å². The second-order valence-electron chi connectivity index (χ2n) is 5.46. The lowest BCUT2D eigenvalue weighted by Gasteiger charge is -2.15. The van der Waals surface area contributed by atoms with Crippen LogP contribution < -0.4 is 9.47 Å². The second-order valence-corrected chi connectivity index (χ2v) is 5.46. The molecule has 0 atom stereocenters. The average Bonchev–Trinajstić information content (AvgIpc) is 2.70. The minimum atomic E-state index is -1.07. The van der Waals surface area contributed by atoms with Gasteiger partial charge in [-0.3, -0.25) is 0 Å². The molecular formula is C21H16O6. The summed E-state index contributed by atoms with van der Waals surface area (Å²) in [5.41, 5.74) is 1.04. The number of para-hydroxylation sites is 1. The van der Waals surface area contributed by atoms with Gasteiger partial charge >= 0.3 is 12.1 Å². The van der Waals surface area contributed by atoms with Crippen LogP contribution in [0.15, 0.2) is 72.8 Å². The van der Waals surface area contributed by atoms with Crippen molar-refractivity contribution in [1.82, 2.24) is 0 Å². The van der Waals surface area contributed by atoms with Gasteiger partial charge in [-0.2, -0.15) is 0 Å². The summed E-state index contributed by atoms with van der Waals surface area (Å²) in [5.74, 6) is -1.19. The molecule has 0 bridgehead atoms. The Morgan fingerprint density at radius 3 is 2.07 bits per heavy atom. The lowest BCUT2D eigenvalue weighted by atomic mass is 9.98. The van der Waals surface area contributed by atoms with E-state index in [1.807, 2.05) is 6.07 Å². The molecule has 0 aliphatic rings. The molecule has 0 unspecified atom stereocenters. The number of esters is 1. The zero-order valence-electron chi connectivity index (χ0n) is 14.4. The first-order valence-electron chi connectivity index (χ1n) is 8.04. The minimum Gasteiger partial charge on any atom is -0.504 e. The van der Waals surface area contributed by atoms with E-state index in [1.54, 1.807) is 60.7 Å². The number of hydrogen-bond donors (Lipinski definition) is 1. The van der Waals surface area contributed by atoms with Crippen LogP contribution in [-0.4, -0.2) is 24.3 Å². The smallest absolute Gasteiger partial charge is 0.504 e. The van der Waals surface area contributed by atoms with Gasteiger partial charge in [0.15, 0.2) is 11.5 Å². The van der Waals surface area contributed by atoms with Crippen molar-refractivity contribution in [2.24, 2.45) is 0 Å².